The maximum atomic E-state index is 12.8. The van der Waals surface area contributed by atoms with E-state index >= 15 is 0 Å². The Bertz CT molecular complexity index is 618. The van der Waals surface area contributed by atoms with Crippen LogP contribution in [0.4, 0.5) is 10.1 Å². The van der Waals surface area contributed by atoms with Crippen LogP contribution in [0.2, 0.25) is 0 Å². The molecule has 0 heterocycles. The first-order valence-corrected chi connectivity index (χ1v) is 6.14. The Morgan fingerprint density at radius 1 is 1.10 bits per heavy atom. The summed E-state index contributed by atoms with van der Waals surface area (Å²) < 4.78 is 12.8. The van der Waals surface area contributed by atoms with E-state index in [9.17, 15) is 9.18 Å². The number of carbonyl (C=O) groups is 1. The molecule has 0 aromatic heterocycles. The summed E-state index contributed by atoms with van der Waals surface area (Å²) in [5, 5.41) is 3.18. The summed E-state index contributed by atoms with van der Waals surface area (Å²) in [5.74, 6) is -0.785. The highest BCUT2D eigenvalue weighted by Crippen LogP contribution is 2.14. The highest BCUT2D eigenvalue weighted by Gasteiger charge is 2.04. The van der Waals surface area contributed by atoms with Crippen molar-refractivity contribution >= 4 is 17.2 Å². The van der Waals surface area contributed by atoms with Gasteiger partial charge in [0.2, 0.25) is 5.91 Å². The number of hydrogen-bond donors (Lipinski definition) is 2. The van der Waals surface area contributed by atoms with Gasteiger partial charge in [0, 0.05) is 17.8 Å². The number of nitrogens with one attached hydrogen (secondary N) is 1. The van der Waals surface area contributed by atoms with Gasteiger partial charge in [0.1, 0.15) is 5.82 Å². The molecule has 20 heavy (non-hydrogen) atoms. The van der Waals surface area contributed by atoms with Gasteiger partial charge in [0.15, 0.2) is 0 Å². The summed E-state index contributed by atoms with van der Waals surface area (Å²) in [5.41, 5.74) is 8.06. The van der Waals surface area contributed by atoms with Crippen LogP contribution in [0.25, 0.3) is 5.57 Å². The maximum Gasteiger partial charge on any atom is 0.248 e. The Kier molecular flexibility index (Phi) is 4.15. The van der Waals surface area contributed by atoms with Crippen LogP contribution < -0.4 is 11.1 Å². The smallest absolute Gasteiger partial charge is 0.248 e. The number of benzene rings is 2. The molecular formula is C16H15FN2O. The van der Waals surface area contributed by atoms with Gasteiger partial charge in [-0.2, -0.15) is 0 Å². The first-order valence-electron chi connectivity index (χ1n) is 6.14. The van der Waals surface area contributed by atoms with Crippen LogP contribution in [-0.4, -0.2) is 5.91 Å². The molecule has 0 unspecified atom stereocenters. The molecule has 1 amide bonds. The Morgan fingerprint density at radius 2 is 1.70 bits per heavy atom. The SMILES string of the molecule is C=C(C(N)=O)c1ccc(CNc2ccc(F)cc2)cc1. The lowest BCUT2D eigenvalue weighted by molar-refractivity contribution is -0.112. The van der Waals surface area contributed by atoms with Gasteiger partial charge in [-0.25, -0.2) is 4.39 Å². The van der Waals surface area contributed by atoms with E-state index in [1.165, 1.54) is 12.1 Å². The minimum absolute atomic E-state index is 0.259. The van der Waals surface area contributed by atoms with Gasteiger partial charge in [0.05, 0.1) is 0 Å². The molecule has 0 saturated heterocycles. The van der Waals surface area contributed by atoms with Crippen LogP contribution in [-0.2, 0) is 11.3 Å². The van der Waals surface area contributed by atoms with Gasteiger partial charge in [0.25, 0.3) is 0 Å². The van der Waals surface area contributed by atoms with Gasteiger partial charge >= 0.3 is 0 Å². The van der Waals surface area contributed by atoms with Crippen molar-refractivity contribution in [3.63, 3.8) is 0 Å². The first-order chi connectivity index (χ1) is 9.56. The van der Waals surface area contributed by atoms with Crippen molar-refractivity contribution in [2.75, 3.05) is 5.32 Å². The molecule has 102 valence electrons. The van der Waals surface area contributed by atoms with Crippen molar-refractivity contribution in [1.82, 2.24) is 0 Å². The fraction of sp³-hybridized carbons (Fsp3) is 0.0625. The molecule has 0 spiro atoms. The zero-order valence-corrected chi connectivity index (χ0v) is 10.9. The van der Waals surface area contributed by atoms with Crippen LogP contribution in [0, 0.1) is 5.82 Å². The zero-order valence-electron chi connectivity index (χ0n) is 10.9. The van der Waals surface area contributed by atoms with E-state index in [0.717, 1.165) is 11.3 Å². The third-order valence-electron chi connectivity index (χ3n) is 2.94. The summed E-state index contributed by atoms with van der Waals surface area (Å²) in [6.07, 6.45) is 0. The summed E-state index contributed by atoms with van der Waals surface area (Å²) in [6.45, 7) is 4.24. The summed E-state index contributed by atoms with van der Waals surface area (Å²) in [4.78, 5) is 11.0. The van der Waals surface area contributed by atoms with Gasteiger partial charge < -0.3 is 11.1 Å². The van der Waals surface area contributed by atoms with Gasteiger partial charge in [-0.15, -0.1) is 0 Å². The zero-order chi connectivity index (χ0) is 14.5. The van der Waals surface area contributed by atoms with Crippen LogP contribution >= 0.6 is 0 Å². The maximum absolute atomic E-state index is 12.8. The monoisotopic (exact) mass is 270 g/mol. The fourth-order valence-electron chi connectivity index (χ4n) is 1.74. The van der Waals surface area contributed by atoms with Crippen LogP contribution in [0.1, 0.15) is 11.1 Å². The molecule has 2 aromatic carbocycles. The van der Waals surface area contributed by atoms with Crippen molar-refractivity contribution in [2.45, 2.75) is 6.54 Å². The second kappa shape index (κ2) is 6.02. The summed E-state index contributed by atoms with van der Waals surface area (Å²) in [6, 6.07) is 13.5. The number of hydrogen-bond acceptors (Lipinski definition) is 2. The number of rotatable bonds is 5. The molecular weight excluding hydrogens is 255 g/mol. The Labute approximate surface area is 116 Å². The molecule has 0 radical (unpaired) electrons. The largest absolute Gasteiger partial charge is 0.381 e. The Hall–Kier alpha value is -2.62. The van der Waals surface area contributed by atoms with Crippen molar-refractivity contribution in [1.29, 1.82) is 0 Å². The molecule has 0 aliphatic heterocycles. The molecule has 4 heteroatoms. The second-order valence-electron chi connectivity index (χ2n) is 4.40. The van der Waals surface area contributed by atoms with E-state index in [2.05, 4.69) is 11.9 Å². The van der Waals surface area contributed by atoms with Crippen molar-refractivity contribution < 1.29 is 9.18 Å². The lowest BCUT2D eigenvalue weighted by Crippen LogP contribution is -2.11. The molecule has 0 aliphatic carbocycles. The molecule has 0 bridgehead atoms. The minimum atomic E-state index is -0.526. The van der Waals surface area contributed by atoms with E-state index < -0.39 is 5.91 Å². The normalized spacial score (nSPS) is 10.1. The van der Waals surface area contributed by atoms with Crippen LogP contribution in [0.5, 0.6) is 0 Å². The third-order valence-corrected chi connectivity index (χ3v) is 2.94. The standard InChI is InChI=1S/C16H15FN2O/c1-11(16(18)20)13-4-2-12(3-5-13)10-19-15-8-6-14(17)7-9-15/h2-9,19H,1,10H2,(H2,18,20). The number of halogens is 1. The predicted octanol–water partition coefficient (Wildman–Crippen LogP) is 2.94. The number of nitrogens with two attached hydrogens (primary N) is 1. The Morgan fingerprint density at radius 3 is 2.25 bits per heavy atom. The van der Waals surface area contributed by atoms with E-state index in [1.807, 2.05) is 12.1 Å². The van der Waals surface area contributed by atoms with Crippen LogP contribution in [0.3, 0.4) is 0 Å². The Balaban J connectivity index is 1.99. The highest BCUT2D eigenvalue weighted by molar-refractivity contribution is 6.17. The summed E-state index contributed by atoms with van der Waals surface area (Å²) in [7, 11) is 0. The average molecular weight is 270 g/mol. The fourth-order valence-corrected chi connectivity index (χ4v) is 1.74. The predicted molar refractivity (Wildman–Crippen MR) is 78.4 cm³/mol. The molecule has 2 rings (SSSR count). The minimum Gasteiger partial charge on any atom is -0.381 e. The number of primary amides is 1. The molecule has 0 fully saturated rings. The van der Waals surface area contributed by atoms with E-state index in [1.54, 1.807) is 24.3 Å². The van der Waals surface area contributed by atoms with Crippen molar-refractivity contribution in [3.05, 3.63) is 72.1 Å². The van der Waals surface area contributed by atoms with Gasteiger partial charge in [-0.3, -0.25) is 4.79 Å². The molecule has 2 aromatic rings. The van der Waals surface area contributed by atoms with Gasteiger partial charge in [-0.1, -0.05) is 30.8 Å². The number of carbonyl (C=O) groups excluding carboxylic acids is 1. The van der Waals surface area contributed by atoms with Gasteiger partial charge in [-0.05, 0) is 35.4 Å². The van der Waals surface area contributed by atoms with E-state index in [4.69, 9.17) is 5.73 Å². The third kappa shape index (κ3) is 3.45. The molecule has 3 N–H and O–H groups in total. The van der Waals surface area contributed by atoms with E-state index in [-0.39, 0.29) is 5.82 Å². The molecule has 0 aliphatic rings. The lowest BCUT2D eigenvalue weighted by atomic mass is 10.1. The molecule has 3 nitrogen and oxygen atoms in total. The number of amides is 1. The number of anilines is 1. The molecule has 0 atom stereocenters. The first kappa shape index (κ1) is 13.8. The average Bonchev–Trinajstić information content (AvgIpc) is 2.46. The van der Waals surface area contributed by atoms with Crippen molar-refractivity contribution in [3.8, 4) is 0 Å². The lowest BCUT2D eigenvalue weighted by Gasteiger charge is -2.07. The summed E-state index contributed by atoms with van der Waals surface area (Å²) >= 11 is 0. The molecule has 0 saturated carbocycles. The van der Waals surface area contributed by atoms with E-state index in [0.29, 0.717) is 17.7 Å². The topological polar surface area (TPSA) is 55.1 Å². The quantitative estimate of drug-likeness (QED) is 0.821. The second-order valence-corrected chi connectivity index (χ2v) is 4.40. The highest BCUT2D eigenvalue weighted by atomic mass is 19.1. The van der Waals surface area contributed by atoms with Crippen LogP contribution in [0.15, 0.2) is 55.1 Å². The van der Waals surface area contributed by atoms with Crippen molar-refractivity contribution in [2.24, 2.45) is 5.73 Å².